The third kappa shape index (κ3) is 5.83. The van der Waals surface area contributed by atoms with Crippen molar-refractivity contribution in [2.45, 2.75) is 32.6 Å². The van der Waals surface area contributed by atoms with Crippen LogP contribution in [0.3, 0.4) is 0 Å². The summed E-state index contributed by atoms with van der Waals surface area (Å²) in [6.07, 6.45) is 2.72. The molecule has 0 spiro atoms. The molecule has 1 heterocycles. The van der Waals surface area contributed by atoms with Gasteiger partial charge in [-0.1, -0.05) is 73.7 Å². The lowest BCUT2D eigenvalue weighted by Crippen LogP contribution is -2.17. The van der Waals surface area contributed by atoms with Crippen LogP contribution in [-0.2, 0) is 11.2 Å². The number of nitrogens with one attached hydrogen (secondary N) is 2. The molecule has 3 aromatic carbocycles. The van der Waals surface area contributed by atoms with E-state index in [-0.39, 0.29) is 11.8 Å². The number of nitrogens with zero attached hydrogens (tertiary/aromatic N) is 2. The lowest BCUT2D eigenvalue weighted by Gasteiger charge is -2.19. The van der Waals surface area contributed by atoms with E-state index < -0.39 is 0 Å². The molecule has 0 saturated carbocycles. The number of amides is 1. The Kier molecular flexibility index (Phi) is 7.10. The molecule has 1 amide bonds. The highest BCUT2D eigenvalue weighted by atomic mass is 16.1. The van der Waals surface area contributed by atoms with E-state index in [1.165, 1.54) is 6.33 Å². The molecule has 0 aliphatic carbocycles. The molecule has 0 radical (unpaired) electrons. The third-order valence-electron chi connectivity index (χ3n) is 5.63. The highest BCUT2D eigenvalue weighted by Crippen LogP contribution is 2.29. The maximum Gasteiger partial charge on any atom is 0.225 e. The first-order valence-electron chi connectivity index (χ1n) is 11.2. The highest BCUT2D eigenvalue weighted by Gasteiger charge is 2.19. The second-order valence-corrected chi connectivity index (χ2v) is 8.02. The van der Waals surface area contributed by atoms with Crippen LogP contribution in [-0.4, -0.2) is 15.9 Å². The molecule has 2 N–H and O–H groups in total. The zero-order chi connectivity index (χ0) is 23.0. The second-order valence-electron chi connectivity index (χ2n) is 8.02. The van der Waals surface area contributed by atoms with E-state index in [1.807, 2.05) is 67.6 Å². The van der Waals surface area contributed by atoms with Gasteiger partial charge >= 0.3 is 0 Å². The van der Waals surface area contributed by atoms with E-state index in [1.54, 1.807) is 0 Å². The molecule has 5 nitrogen and oxygen atoms in total. The first-order chi connectivity index (χ1) is 16.1. The zero-order valence-electron chi connectivity index (χ0n) is 19.0. The summed E-state index contributed by atoms with van der Waals surface area (Å²) in [5.41, 5.74) is 5.91. The maximum absolute atomic E-state index is 13.2. The predicted octanol–water partition coefficient (Wildman–Crippen LogP) is 6.25. The van der Waals surface area contributed by atoms with Crippen LogP contribution in [0.4, 0.5) is 17.2 Å². The second kappa shape index (κ2) is 10.6. The van der Waals surface area contributed by atoms with Crippen LogP contribution >= 0.6 is 0 Å². The van der Waals surface area contributed by atoms with Gasteiger partial charge < -0.3 is 10.6 Å². The lowest BCUT2D eigenvalue weighted by molar-refractivity contribution is -0.116. The summed E-state index contributed by atoms with van der Waals surface area (Å²) in [6, 6.07) is 28.3. The minimum Gasteiger partial charge on any atom is -0.340 e. The van der Waals surface area contributed by atoms with Crippen LogP contribution < -0.4 is 10.6 Å². The Morgan fingerprint density at radius 1 is 0.879 bits per heavy atom. The summed E-state index contributed by atoms with van der Waals surface area (Å²) in [5, 5.41) is 6.46. The minimum absolute atomic E-state index is 0.0113. The van der Waals surface area contributed by atoms with Gasteiger partial charge in [-0.05, 0) is 42.2 Å². The molecular weight excluding hydrogens is 408 g/mol. The highest BCUT2D eigenvalue weighted by molar-refractivity contribution is 5.93. The molecule has 1 aromatic heterocycles. The number of carbonyl (C=O) groups is 1. The van der Waals surface area contributed by atoms with E-state index in [2.05, 4.69) is 51.8 Å². The number of anilines is 3. The molecule has 0 fully saturated rings. The topological polar surface area (TPSA) is 66.9 Å². The Morgan fingerprint density at radius 3 is 2.15 bits per heavy atom. The predicted molar refractivity (Wildman–Crippen MR) is 134 cm³/mol. The fraction of sp³-hybridized carbons (Fsp3) is 0.179. The standard InChI is InChI=1S/C28H28N4O/c1-3-21-14-15-24(31-27-16-20(2)29-19-30-27)17-26(21)32-28(33)18-25(22-10-6-4-7-11-22)23-12-8-5-9-13-23/h4-17,19,25H,3,18H2,1-2H3,(H,32,33)(H,29,30,31). The summed E-state index contributed by atoms with van der Waals surface area (Å²) >= 11 is 0. The van der Waals surface area contributed by atoms with Crippen LogP contribution in [0.5, 0.6) is 0 Å². The van der Waals surface area contributed by atoms with E-state index in [0.29, 0.717) is 6.42 Å². The summed E-state index contributed by atoms with van der Waals surface area (Å²) < 4.78 is 0. The van der Waals surface area contributed by atoms with Crippen molar-refractivity contribution in [1.82, 2.24) is 9.97 Å². The van der Waals surface area contributed by atoms with Gasteiger partial charge in [-0.15, -0.1) is 0 Å². The number of benzene rings is 3. The van der Waals surface area contributed by atoms with E-state index in [9.17, 15) is 4.79 Å². The normalized spacial score (nSPS) is 10.8. The van der Waals surface area contributed by atoms with Crippen molar-refractivity contribution in [3.63, 3.8) is 0 Å². The summed E-state index contributed by atoms with van der Waals surface area (Å²) in [4.78, 5) is 21.6. The van der Waals surface area contributed by atoms with Gasteiger partial charge in [-0.3, -0.25) is 4.79 Å². The number of rotatable bonds is 8. The van der Waals surface area contributed by atoms with Gasteiger partial charge in [0.1, 0.15) is 12.1 Å². The van der Waals surface area contributed by atoms with Crippen LogP contribution in [0.1, 0.15) is 41.6 Å². The van der Waals surface area contributed by atoms with Crippen molar-refractivity contribution in [1.29, 1.82) is 0 Å². The molecule has 0 atom stereocenters. The molecule has 4 rings (SSSR count). The van der Waals surface area contributed by atoms with Crippen molar-refractivity contribution < 1.29 is 4.79 Å². The average molecular weight is 437 g/mol. The van der Waals surface area contributed by atoms with E-state index in [4.69, 9.17) is 0 Å². The molecule has 33 heavy (non-hydrogen) atoms. The van der Waals surface area contributed by atoms with Crippen LogP contribution in [0, 0.1) is 6.92 Å². The van der Waals surface area contributed by atoms with Crippen LogP contribution in [0.25, 0.3) is 0 Å². The lowest BCUT2D eigenvalue weighted by atomic mass is 9.88. The van der Waals surface area contributed by atoms with E-state index >= 15 is 0 Å². The van der Waals surface area contributed by atoms with Gasteiger partial charge in [0.25, 0.3) is 0 Å². The minimum atomic E-state index is -0.0163. The van der Waals surface area contributed by atoms with Crippen molar-refractivity contribution in [2.24, 2.45) is 0 Å². The molecule has 0 aliphatic heterocycles. The van der Waals surface area contributed by atoms with Crippen molar-refractivity contribution in [2.75, 3.05) is 10.6 Å². The van der Waals surface area contributed by atoms with Gasteiger partial charge in [0.05, 0.1) is 0 Å². The fourth-order valence-corrected chi connectivity index (χ4v) is 3.94. The molecule has 5 heteroatoms. The first kappa shape index (κ1) is 22.2. The third-order valence-corrected chi connectivity index (χ3v) is 5.63. The Morgan fingerprint density at radius 2 is 1.55 bits per heavy atom. The number of carbonyl (C=O) groups excluding carboxylic acids is 1. The summed E-state index contributed by atoms with van der Waals surface area (Å²) in [6.45, 7) is 4.01. The van der Waals surface area contributed by atoms with Crippen molar-refractivity contribution in [3.8, 4) is 0 Å². The number of hydrogen-bond donors (Lipinski definition) is 2. The summed E-state index contributed by atoms with van der Waals surface area (Å²) in [5.74, 6) is 0.692. The molecular formula is C28H28N4O. The molecule has 166 valence electrons. The fourth-order valence-electron chi connectivity index (χ4n) is 3.94. The van der Waals surface area contributed by atoms with Crippen molar-refractivity contribution in [3.05, 3.63) is 114 Å². The Balaban J connectivity index is 1.55. The Bertz CT molecular complexity index is 1170. The van der Waals surface area contributed by atoms with Gasteiger partial charge in [-0.2, -0.15) is 0 Å². The maximum atomic E-state index is 13.2. The van der Waals surface area contributed by atoms with Gasteiger partial charge in [0.2, 0.25) is 5.91 Å². The molecule has 0 aliphatic rings. The van der Waals surface area contributed by atoms with Crippen molar-refractivity contribution >= 4 is 23.1 Å². The SMILES string of the molecule is CCc1ccc(Nc2cc(C)ncn2)cc1NC(=O)CC(c1ccccc1)c1ccccc1. The Hall–Kier alpha value is -3.99. The largest absolute Gasteiger partial charge is 0.340 e. The smallest absolute Gasteiger partial charge is 0.225 e. The molecule has 0 bridgehead atoms. The van der Waals surface area contributed by atoms with Crippen LogP contribution in [0.15, 0.2) is 91.3 Å². The monoisotopic (exact) mass is 436 g/mol. The average Bonchev–Trinajstić information content (AvgIpc) is 2.84. The quantitative estimate of drug-likeness (QED) is 0.342. The molecule has 0 unspecified atom stereocenters. The first-order valence-corrected chi connectivity index (χ1v) is 11.2. The zero-order valence-corrected chi connectivity index (χ0v) is 19.0. The number of aryl methyl sites for hydroxylation is 2. The van der Waals surface area contributed by atoms with E-state index in [0.717, 1.165) is 46.0 Å². The van der Waals surface area contributed by atoms with Gasteiger partial charge in [0, 0.05) is 35.5 Å². The van der Waals surface area contributed by atoms with Crippen LogP contribution in [0.2, 0.25) is 0 Å². The van der Waals surface area contributed by atoms with Gasteiger partial charge in [-0.25, -0.2) is 9.97 Å². The van der Waals surface area contributed by atoms with Gasteiger partial charge in [0.15, 0.2) is 0 Å². The summed E-state index contributed by atoms with van der Waals surface area (Å²) in [7, 11) is 0. The molecule has 0 saturated heterocycles. The molecule has 4 aromatic rings. The number of aromatic nitrogens is 2. The Labute approximate surface area is 194 Å². The number of hydrogen-bond acceptors (Lipinski definition) is 4.